The summed E-state index contributed by atoms with van der Waals surface area (Å²) in [6, 6.07) is 11.6. The molecule has 3 aromatic rings. The van der Waals surface area contributed by atoms with Crippen molar-refractivity contribution in [3.8, 4) is 0 Å². The molecule has 20 heavy (non-hydrogen) atoms. The number of fused-ring (bicyclic) bond motifs is 1. The van der Waals surface area contributed by atoms with Gasteiger partial charge in [-0.1, -0.05) is 17.7 Å². The summed E-state index contributed by atoms with van der Waals surface area (Å²) >= 11 is 7.73. The minimum Gasteiger partial charge on any atom is -0.261 e. The molecular formula is C15H12ClN3S. The predicted molar refractivity (Wildman–Crippen MR) is 87.0 cm³/mol. The Morgan fingerprint density at radius 1 is 1.30 bits per heavy atom. The Labute approximate surface area is 125 Å². The van der Waals surface area contributed by atoms with Crippen LogP contribution in [0.4, 0.5) is 5.82 Å². The van der Waals surface area contributed by atoms with Crippen molar-refractivity contribution in [2.45, 2.75) is 6.92 Å². The highest BCUT2D eigenvalue weighted by molar-refractivity contribution is 7.20. The normalized spacial score (nSPS) is 11.3. The third kappa shape index (κ3) is 2.66. The number of aromatic nitrogens is 1. The van der Waals surface area contributed by atoms with Gasteiger partial charge in [-0.3, -0.25) is 5.43 Å². The molecule has 0 fully saturated rings. The van der Waals surface area contributed by atoms with Gasteiger partial charge in [-0.2, -0.15) is 5.10 Å². The van der Waals surface area contributed by atoms with E-state index in [-0.39, 0.29) is 0 Å². The van der Waals surface area contributed by atoms with E-state index >= 15 is 0 Å². The van der Waals surface area contributed by atoms with Crippen LogP contribution >= 0.6 is 22.9 Å². The number of hydrogen-bond donors (Lipinski definition) is 1. The first-order valence-corrected chi connectivity index (χ1v) is 7.32. The quantitative estimate of drug-likeness (QED) is 0.562. The largest absolute Gasteiger partial charge is 0.261 e. The molecule has 1 aromatic carbocycles. The third-order valence-electron chi connectivity index (χ3n) is 2.96. The van der Waals surface area contributed by atoms with Gasteiger partial charge in [0, 0.05) is 15.9 Å². The smallest absolute Gasteiger partial charge is 0.146 e. The molecule has 0 atom stereocenters. The number of halogens is 1. The number of anilines is 1. The van der Waals surface area contributed by atoms with Crippen molar-refractivity contribution in [3.05, 3.63) is 58.1 Å². The van der Waals surface area contributed by atoms with Gasteiger partial charge in [-0.25, -0.2) is 4.98 Å². The summed E-state index contributed by atoms with van der Waals surface area (Å²) in [5, 5.41) is 6.17. The van der Waals surface area contributed by atoms with Crippen molar-refractivity contribution in [2.75, 3.05) is 5.43 Å². The first-order chi connectivity index (χ1) is 9.74. The molecule has 100 valence electrons. The summed E-state index contributed by atoms with van der Waals surface area (Å²) < 4.78 is 1.21. The van der Waals surface area contributed by atoms with Crippen LogP contribution in [0.25, 0.3) is 10.1 Å². The Balaban J connectivity index is 1.86. The molecule has 0 aliphatic rings. The van der Waals surface area contributed by atoms with Gasteiger partial charge in [-0.05, 0) is 48.2 Å². The summed E-state index contributed by atoms with van der Waals surface area (Å²) in [5.74, 6) is 0.727. The van der Waals surface area contributed by atoms with Crippen LogP contribution in [-0.4, -0.2) is 11.2 Å². The van der Waals surface area contributed by atoms with E-state index in [2.05, 4.69) is 22.4 Å². The number of pyridine rings is 1. The van der Waals surface area contributed by atoms with Crippen LogP contribution in [0.15, 0.2) is 47.7 Å². The Bertz CT molecular complexity index is 765. The van der Waals surface area contributed by atoms with Crippen molar-refractivity contribution in [1.82, 2.24) is 4.98 Å². The number of rotatable bonds is 3. The number of thiophene rings is 1. The van der Waals surface area contributed by atoms with E-state index in [0.29, 0.717) is 0 Å². The van der Waals surface area contributed by atoms with Crippen LogP contribution in [0.5, 0.6) is 0 Å². The topological polar surface area (TPSA) is 37.3 Å². The Morgan fingerprint density at radius 3 is 3.00 bits per heavy atom. The maximum Gasteiger partial charge on any atom is 0.146 e. The van der Waals surface area contributed by atoms with Gasteiger partial charge in [0.2, 0.25) is 0 Å². The lowest BCUT2D eigenvalue weighted by Gasteiger charge is -1.96. The summed E-state index contributed by atoms with van der Waals surface area (Å²) in [4.78, 5) is 5.26. The lowest BCUT2D eigenvalue weighted by atomic mass is 10.1. The van der Waals surface area contributed by atoms with Gasteiger partial charge in [0.25, 0.3) is 0 Å². The summed E-state index contributed by atoms with van der Waals surface area (Å²) in [6.07, 6.45) is 3.55. The molecule has 5 heteroatoms. The molecule has 0 unspecified atom stereocenters. The first kappa shape index (κ1) is 13.1. The second-order valence-electron chi connectivity index (χ2n) is 4.32. The number of nitrogens with zero attached hydrogens (tertiary/aromatic N) is 2. The molecule has 0 saturated heterocycles. The van der Waals surface area contributed by atoms with Gasteiger partial charge in [-0.15, -0.1) is 11.3 Å². The van der Waals surface area contributed by atoms with Gasteiger partial charge in [0.1, 0.15) is 5.82 Å². The number of hydrazone groups is 1. The van der Waals surface area contributed by atoms with E-state index < -0.39 is 0 Å². The van der Waals surface area contributed by atoms with Gasteiger partial charge in [0.15, 0.2) is 0 Å². The van der Waals surface area contributed by atoms with Gasteiger partial charge < -0.3 is 0 Å². The van der Waals surface area contributed by atoms with Crippen LogP contribution in [0, 0.1) is 6.92 Å². The molecule has 0 aliphatic heterocycles. The van der Waals surface area contributed by atoms with E-state index in [0.717, 1.165) is 15.7 Å². The molecule has 1 N–H and O–H groups in total. The van der Waals surface area contributed by atoms with E-state index in [9.17, 15) is 0 Å². The van der Waals surface area contributed by atoms with E-state index in [1.165, 1.54) is 15.6 Å². The molecule has 0 bridgehead atoms. The number of nitrogens with one attached hydrogen (secondary N) is 1. The molecule has 2 aromatic heterocycles. The SMILES string of the molecule is Cc1c(C=NNc2ccccn2)sc2ccc(Cl)cc12. The monoisotopic (exact) mass is 301 g/mol. The second-order valence-corrected chi connectivity index (χ2v) is 5.84. The fourth-order valence-electron chi connectivity index (χ4n) is 1.92. The van der Waals surface area contributed by atoms with Crippen LogP contribution in [0.3, 0.4) is 0 Å². The molecule has 3 rings (SSSR count). The average molecular weight is 302 g/mol. The van der Waals surface area contributed by atoms with Crippen molar-refractivity contribution >= 4 is 45.1 Å². The fraction of sp³-hybridized carbons (Fsp3) is 0.0667. The minimum absolute atomic E-state index is 0.727. The summed E-state index contributed by atoms with van der Waals surface area (Å²) in [7, 11) is 0. The minimum atomic E-state index is 0.727. The maximum atomic E-state index is 6.03. The van der Waals surface area contributed by atoms with Crippen molar-refractivity contribution in [2.24, 2.45) is 5.10 Å². The average Bonchev–Trinajstić information content (AvgIpc) is 2.77. The molecule has 2 heterocycles. The summed E-state index contributed by atoms with van der Waals surface area (Å²) in [6.45, 7) is 2.08. The Hall–Kier alpha value is -1.91. The Kier molecular flexibility index (Phi) is 3.67. The van der Waals surface area contributed by atoms with E-state index in [1.54, 1.807) is 17.5 Å². The highest BCUT2D eigenvalue weighted by Gasteiger charge is 2.06. The highest BCUT2D eigenvalue weighted by atomic mass is 35.5. The zero-order valence-corrected chi connectivity index (χ0v) is 12.4. The first-order valence-electron chi connectivity index (χ1n) is 6.13. The molecule has 0 aliphatic carbocycles. The molecular weight excluding hydrogens is 290 g/mol. The van der Waals surface area contributed by atoms with Crippen LogP contribution in [0.2, 0.25) is 5.02 Å². The zero-order valence-electron chi connectivity index (χ0n) is 10.8. The molecule has 0 saturated carbocycles. The molecule has 0 radical (unpaired) electrons. The zero-order chi connectivity index (χ0) is 13.9. The highest BCUT2D eigenvalue weighted by Crippen LogP contribution is 2.31. The Morgan fingerprint density at radius 2 is 2.20 bits per heavy atom. The van der Waals surface area contributed by atoms with Gasteiger partial charge in [0.05, 0.1) is 11.1 Å². The van der Waals surface area contributed by atoms with Crippen molar-refractivity contribution in [1.29, 1.82) is 0 Å². The van der Waals surface area contributed by atoms with Crippen LogP contribution < -0.4 is 5.43 Å². The van der Waals surface area contributed by atoms with Gasteiger partial charge >= 0.3 is 0 Å². The molecule has 0 amide bonds. The molecule has 3 nitrogen and oxygen atoms in total. The van der Waals surface area contributed by atoms with Crippen molar-refractivity contribution < 1.29 is 0 Å². The fourth-order valence-corrected chi connectivity index (χ4v) is 3.16. The molecule has 0 spiro atoms. The van der Waals surface area contributed by atoms with Crippen molar-refractivity contribution in [3.63, 3.8) is 0 Å². The van der Waals surface area contributed by atoms with Crippen LogP contribution in [0.1, 0.15) is 10.4 Å². The van der Waals surface area contributed by atoms with E-state index in [4.69, 9.17) is 11.6 Å². The standard InChI is InChI=1S/C15H12ClN3S/c1-10-12-8-11(16)5-6-13(12)20-14(10)9-18-19-15-4-2-3-7-17-15/h2-9H,1H3,(H,17,19). The maximum absolute atomic E-state index is 6.03. The number of aryl methyl sites for hydroxylation is 1. The lowest BCUT2D eigenvalue weighted by molar-refractivity contribution is 1.23. The number of benzene rings is 1. The number of hydrogen-bond acceptors (Lipinski definition) is 4. The summed E-state index contributed by atoms with van der Waals surface area (Å²) in [5.41, 5.74) is 4.11. The lowest BCUT2D eigenvalue weighted by Crippen LogP contribution is -1.92. The van der Waals surface area contributed by atoms with Crippen LogP contribution in [-0.2, 0) is 0 Å². The second kappa shape index (κ2) is 5.61. The predicted octanol–water partition coefficient (Wildman–Crippen LogP) is 4.70. The third-order valence-corrected chi connectivity index (χ3v) is 4.40. The van der Waals surface area contributed by atoms with E-state index in [1.807, 2.05) is 42.6 Å².